The van der Waals surface area contributed by atoms with E-state index in [2.05, 4.69) is 10.6 Å². The summed E-state index contributed by atoms with van der Waals surface area (Å²) in [6.07, 6.45) is 1.70. The molecule has 0 radical (unpaired) electrons. The SMILES string of the molecule is CC(C)C[C@H](NC(=O)c1cc2ccccc2s1)C(=O)NCCCN(C)S(=O)(=O)c1ccccc1S(C)(=O)=O. The van der Waals surface area contributed by atoms with Crippen LogP contribution in [-0.2, 0) is 24.7 Å². The number of fused-ring (bicyclic) bond motifs is 1. The maximum absolute atomic E-state index is 13.0. The first kappa shape index (κ1) is 29.8. The van der Waals surface area contributed by atoms with Gasteiger partial charge in [0.2, 0.25) is 15.9 Å². The first-order valence-corrected chi connectivity index (χ1v) is 16.3. The third kappa shape index (κ3) is 7.40. The van der Waals surface area contributed by atoms with E-state index in [0.29, 0.717) is 17.7 Å². The van der Waals surface area contributed by atoms with E-state index in [-0.39, 0.29) is 40.6 Å². The normalized spacial score (nSPS) is 13.1. The van der Waals surface area contributed by atoms with E-state index in [1.807, 2.05) is 38.1 Å². The zero-order valence-corrected chi connectivity index (χ0v) is 24.3. The molecule has 3 aromatic rings. The van der Waals surface area contributed by atoms with Crippen molar-refractivity contribution in [3.8, 4) is 0 Å². The molecule has 3 rings (SSSR count). The second-order valence-corrected chi connectivity index (χ2v) is 14.6. The average molecular weight is 580 g/mol. The van der Waals surface area contributed by atoms with Crippen molar-refractivity contribution in [1.82, 2.24) is 14.9 Å². The second-order valence-electron chi connectivity index (χ2n) is 9.49. The molecule has 0 bridgehead atoms. The fraction of sp³-hybridized carbons (Fsp3) is 0.385. The number of hydrogen-bond acceptors (Lipinski definition) is 7. The third-order valence-corrected chi connectivity index (χ3v) is 10.2. The molecule has 0 spiro atoms. The van der Waals surface area contributed by atoms with Crippen LogP contribution >= 0.6 is 11.3 Å². The maximum Gasteiger partial charge on any atom is 0.262 e. The first-order valence-electron chi connectivity index (χ1n) is 12.1. The van der Waals surface area contributed by atoms with E-state index in [1.165, 1.54) is 42.6 Å². The molecule has 2 N–H and O–H groups in total. The summed E-state index contributed by atoms with van der Waals surface area (Å²) in [4.78, 5) is 25.8. The van der Waals surface area contributed by atoms with Crippen molar-refractivity contribution < 1.29 is 26.4 Å². The highest BCUT2D eigenvalue weighted by atomic mass is 32.2. The zero-order chi connectivity index (χ0) is 28.1. The molecule has 2 amide bonds. The van der Waals surface area contributed by atoms with E-state index < -0.39 is 25.9 Å². The van der Waals surface area contributed by atoms with E-state index in [1.54, 1.807) is 6.07 Å². The number of benzene rings is 2. The van der Waals surface area contributed by atoms with E-state index in [4.69, 9.17) is 0 Å². The molecule has 1 atom stereocenters. The molecule has 12 heteroatoms. The molecule has 0 fully saturated rings. The van der Waals surface area contributed by atoms with Crippen LogP contribution in [0, 0.1) is 5.92 Å². The Kier molecular flexibility index (Phi) is 9.69. The number of thiophene rings is 1. The molecule has 0 saturated carbocycles. The Hall–Kier alpha value is -2.80. The molecule has 0 saturated heterocycles. The monoisotopic (exact) mass is 579 g/mol. The van der Waals surface area contributed by atoms with Crippen molar-refractivity contribution in [3.05, 3.63) is 59.5 Å². The van der Waals surface area contributed by atoms with Crippen LogP contribution < -0.4 is 10.6 Å². The van der Waals surface area contributed by atoms with Gasteiger partial charge >= 0.3 is 0 Å². The lowest BCUT2D eigenvalue weighted by atomic mass is 10.0. The van der Waals surface area contributed by atoms with Gasteiger partial charge in [0.1, 0.15) is 10.9 Å². The van der Waals surface area contributed by atoms with Crippen molar-refractivity contribution in [2.75, 3.05) is 26.4 Å². The van der Waals surface area contributed by atoms with E-state index in [0.717, 1.165) is 20.6 Å². The van der Waals surface area contributed by atoms with Crippen molar-refractivity contribution >= 4 is 53.1 Å². The predicted octanol–water partition coefficient (Wildman–Crippen LogP) is 3.28. The molecule has 206 valence electrons. The van der Waals surface area contributed by atoms with E-state index >= 15 is 0 Å². The Bertz CT molecular complexity index is 1480. The minimum Gasteiger partial charge on any atom is -0.354 e. The number of sulfone groups is 1. The van der Waals surface area contributed by atoms with Gasteiger partial charge in [-0.1, -0.05) is 44.2 Å². The van der Waals surface area contributed by atoms with Gasteiger partial charge < -0.3 is 10.6 Å². The number of amides is 2. The quantitative estimate of drug-likeness (QED) is 0.317. The fourth-order valence-electron chi connectivity index (χ4n) is 3.92. The van der Waals surface area contributed by atoms with Crippen LogP contribution in [0.3, 0.4) is 0 Å². The molecular formula is C26H33N3O6S3. The van der Waals surface area contributed by atoms with Crippen molar-refractivity contribution in [3.63, 3.8) is 0 Å². The van der Waals surface area contributed by atoms with Crippen LogP contribution in [0.1, 0.15) is 36.4 Å². The number of carbonyl (C=O) groups is 2. The number of sulfonamides is 1. The summed E-state index contributed by atoms with van der Waals surface area (Å²) in [5, 5.41) is 6.59. The van der Waals surface area contributed by atoms with Crippen molar-refractivity contribution in [1.29, 1.82) is 0 Å². The van der Waals surface area contributed by atoms with Crippen molar-refractivity contribution in [2.24, 2.45) is 5.92 Å². The van der Waals surface area contributed by atoms with Gasteiger partial charge in [-0.25, -0.2) is 21.1 Å². The number of hydrogen-bond donors (Lipinski definition) is 2. The van der Waals surface area contributed by atoms with Gasteiger partial charge in [0.25, 0.3) is 5.91 Å². The lowest BCUT2D eigenvalue weighted by molar-refractivity contribution is -0.123. The van der Waals surface area contributed by atoms with Crippen molar-refractivity contribution in [2.45, 2.75) is 42.5 Å². The molecule has 2 aromatic carbocycles. The molecular weight excluding hydrogens is 547 g/mol. The van der Waals surface area contributed by atoms with Crippen LogP contribution in [0.4, 0.5) is 0 Å². The average Bonchev–Trinajstić information content (AvgIpc) is 3.29. The number of nitrogens with zero attached hydrogens (tertiary/aromatic N) is 1. The highest BCUT2D eigenvalue weighted by molar-refractivity contribution is 7.93. The lowest BCUT2D eigenvalue weighted by Crippen LogP contribution is -2.47. The summed E-state index contributed by atoms with van der Waals surface area (Å²) in [5.74, 6) is -0.511. The van der Waals surface area contributed by atoms with Crippen LogP contribution in [0.2, 0.25) is 0 Å². The molecule has 1 heterocycles. The Morgan fingerprint density at radius 1 is 0.974 bits per heavy atom. The topological polar surface area (TPSA) is 130 Å². The Morgan fingerprint density at radius 2 is 1.61 bits per heavy atom. The molecule has 9 nitrogen and oxygen atoms in total. The van der Waals surface area contributed by atoms with Gasteiger partial charge in [0.05, 0.1) is 9.77 Å². The summed E-state index contributed by atoms with van der Waals surface area (Å²) >= 11 is 1.36. The van der Waals surface area contributed by atoms with Crippen LogP contribution in [0.5, 0.6) is 0 Å². The molecule has 1 aromatic heterocycles. The smallest absolute Gasteiger partial charge is 0.262 e. The molecule has 38 heavy (non-hydrogen) atoms. The minimum absolute atomic E-state index is 0.0592. The van der Waals surface area contributed by atoms with Gasteiger partial charge in [-0.2, -0.15) is 0 Å². The lowest BCUT2D eigenvalue weighted by Gasteiger charge is -2.21. The van der Waals surface area contributed by atoms with Gasteiger partial charge in [0, 0.05) is 31.1 Å². The maximum atomic E-state index is 13.0. The van der Waals surface area contributed by atoms with Gasteiger partial charge in [0.15, 0.2) is 9.84 Å². The van der Waals surface area contributed by atoms with Gasteiger partial charge in [-0.3, -0.25) is 9.59 Å². The second kappa shape index (κ2) is 12.4. The Balaban J connectivity index is 1.59. The molecule has 0 aliphatic heterocycles. The Labute approximate surface area is 228 Å². The predicted molar refractivity (Wildman–Crippen MR) is 150 cm³/mol. The number of carbonyl (C=O) groups excluding carboxylic acids is 2. The summed E-state index contributed by atoms with van der Waals surface area (Å²) in [6.45, 7) is 4.16. The minimum atomic E-state index is -4.06. The van der Waals surface area contributed by atoms with E-state index in [9.17, 15) is 26.4 Å². The highest BCUT2D eigenvalue weighted by Crippen LogP contribution is 2.26. The van der Waals surface area contributed by atoms with Crippen LogP contribution in [0.15, 0.2) is 64.4 Å². The summed E-state index contributed by atoms with van der Waals surface area (Å²) < 4.78 is 52.2. The molecule has 0 aliphatic rings. The van der Waals surface area contributed by atoms with Gasteiger partial charge in [-0.15, -0.1) is 11.3 Å². The molecule has 0 aliphatic carbocycles. The summed E-state index contributed by atoms with van der Waals surface area (Å²) in [6, 6.07) is 14.2. The third-order valence-electron chi connectivity index (χ3n) is 5.86. The Morgan fingerprint density at radius 3 is 2.24 bits per heavy atom. The fourth-order valence-corrected chi connectivity index (χ4v) is 7.69. The summed E-state index contributed by atoms with van der Waals surface area (Å²) in [7, 11) is -6.43. The highest BCUT2D eigenvalue weighted by Gasteiger charge is 2.27. The first-order chi connectivity index (χ1) is 17.8. The number of rotatable bonds is 12. The largest absolute Gasteiger partial charge is 0.354 e. The standard InChI is InChI=1S/C26H33N3O6S3/c1-18(2)16-20(28-26(31)22-17-19-10-5-6-11-21(19)36-22)25(30)27-14-9-15-29(3)38(34,35)24-13-8-7-12-23(24)37(4,32)33/h5-8,10-13,17-18,20H,9,14-16H2,1-4H3,(H,27,30)(H,28,31)/t20-/m0/s1. The summed E-state index contributed by atoms with van der Waals surface area (Å²) in [5.41, 5.74) is 0. The van der Waals surface area contributed by atoms with Crippen LogP contribution in [0.25, 0.3) is 10.1 Å². The van der Waals surface area contributed by atoms with Crippen LogP contribution in [-0.4, -0.2) is 65.4 Å². The van der Waals surface area contributed by atoms with Gasteiger partial charge in [-0.05, 0) is 48.4 Å². The molecule has 0 unspecified atom stereocenters. The number of nitrogens with one attached hydrogen (secondary N) is 2. The zero-order valence-electron chi connectivity index (χ0n) is 21.8.